The average Bonchev–Trinajstić information content (AvgIpc) is 3.44. The maximum absolute atomic E-state index is 13.3. The number of esters is 1. The van der Waals surface area contributed by atoms with Gasteiger partial charge in [-0.2, -0.15) is 5.10 Å². The normalized spacial score (nSPS) is 11.0. The van der Waals surface area contributed by atoms with Crippen LogP contribution >= 0.6 is 23.2 Å². The predicted octanol–water partition coefficient (Wildman–Crippen LogP) is 7.16. The number of rotatable bonds is 10. The summed E-state index contributed by atoms with van der Waals surface area (Å²) in [6.45, 7) is 0. The lowest BCUT2D eigenvalue weighted by Gasteiger charge is -2.14. The second kappa shape index (κ2) is 13.6. The van der Waals surface area contributed by atoms with Crippen molar-refractivity contribution in [3.8, 4) is 39.9 Å². The fourth-order valence-electron chi connectivity index (χ4n) is 4.72. The van der Waals surface area contributed by atoms with Crippen molar-refractivity contribution in [2.75, 3.05) is 28.4 Å². The van der Waals surface area contributed by atoms with Gasteiger partial charge < -0.3 is 28.7 Å². The molecule has 1 amide bonds. The van der Waals surface area contributed by atoms with Crippen molar-refractivity contribution in [3.05, 3.63) is 99.7 Å². The van der Waals surface area contributed by atoms with Crippen LogP contribution in [0.25, 0.3) is 22.0 Å². The van der Waals surface area contributed by atoms with Crippen LogP contribution in [0.5, 0.6) is 28.7 Å². The zero-order chi connectivity index (χ0) is 32.1. The molecular formula is C33H27Cl2N3O7. The Balaban J connectivity index is 1.36. The molecular weight excluding hydrogens is 621 g/mol. The molecule has 0 aliphatic carbocycles. The fourth-order valence-corrected chi connectivity index (χ4v) is 5.26. The summed E-state index contributed by atoms with van der Waals surface area (Å²) in [5, 5.41) is 5.66. The van der Waals surface area contributed by atoms with E-state index in [0.29, 0.717) is 49.3 Å². The number of hydrogen-bond acceptors (Lipinski definition) is 8. The van der Waals surface area contributed by atoms with Crippen LogP contribution in [-0.2, 0) is 0 Å². The number of carbonyl (C=O) groups is 2. The Morgan fingerprint density at radius 3 is 2.13 bits per heavy atom. The number of halogens is 2. The van der Waals surface area contributed by atoms with Gasteiger partial charge in [0, 0.05) is 16.0 Å². The smallest absolute Gasteiger partial charge is 0.343 e. The number of carbonyl (C=O) groups excluding carboxylic acids is 2. The van der Waals surface area contributed by atoms with E-state index in [1.54, 1.807) is 30.3 Å². The number of amides is 1. The highest BCUT2D eigenvalue weighted by atomic mass is 35.5. The van der Waals surface area contributed by atoms with Crippen LogP contribution in [-0.4, -0.2) is 51.5 Å². The van der Waals surface area contributed by atoms with E-state index < -0.39 is 11.9 Å². The van der Waals surface area contributed by atoms with Gasteiger partial charge in [-0.05, 0) is 53.6 Å². The lowest BCUT2D eigenvalue weighted by atomic mass is 10.0. The molecule has 0 bridgehead atoms. The summed E-state index contributed by atoms with van der Waals surface area (Å²) in [4.78, 5) is 29.4. The molecule has 2 N–H and O–H groups in total. The van der Waals surface area contributed by atoms with Gasteiger partial charge in [0.2, 0.25) is 5.75 Å². The van der Waals surface area contributed by atoms with Gasteiger partial charge in [0.1, 0.15) is 5.69 Å². The molecule has 0 fully saturated rings. The zero-order valence-corrected chi connectivity index (χ0v) is 26.1. The van der Waals surface area contributed by atoms with Crippen molar-refractivity contribution in [2.24, 2.45) is 5.10 Å². The molecule has 45 heavy (non-hydrogen) atoms. The van der Waals surface area contributed by atoms with E-state index in [1.165, 1.54) is 46.8 Å². The van der Waals surface area contributed by atoms with Gasteiger partial charge >= 0.3 is 5.97 Å². The lowest BCUT2D eigenvalue weighted by Crippen LogP contribution is -2.18. The van der Waals surface area contributed by atoms with E-state index in [-0.39, 0.29) is 22.8 Å². The summed E-state index contributed by atoms with van der Waals surface area (Å²) in [5.74, 6) is 0.225. The molecule has 0 saturated heterocycles. The molecule has 0 unspecified atom stereocenters. The van der Waals surface area contributed by atoms with Crippen LogP contribution in [0.4, 0.5) is 0 Å². The molecule has 1 aromatic heterocycles. The van der Waals surface area contributed by atoms with Crippen molar-refractivity contribution in [1.82, 2.24) is 10.4 Å². The van der Waals surface area contributed by atoms with Crippen LogP contribution in [0.3, 0.4) is 0 Å². The summed E-state index contributed by atoms with van der Waals surface area (Å²) in [6, 6.07) is 20.5. The van der Waals surface area contributed by atoms with Crippen LogP contribution in [0.1, 0.15) is 26.4 Å². The van der Waals surface area contributed by atoms with Crippen LogP contribution in [0, 0.1) is 0 Å². The third-order valence-electron chi connectivity index (χ3n) is 6.78. The highest BCUT2D eigenvalue weighted by molar-refractivity contribution is 6.39. The number of aromatic nitrogens is 1. The van der Waals surface area contributed by atoms with Crippen LogP contribution in [0.15, 0.2) is 77.9 Å². The Morgan fingerprint density at radius 2 is 1.49 bits per heavy atom. The first-order chi connectivity index (χ1) is 21.8. The first-order valence-corrected chi connectivity index (χ1v) is 14.1. The van der Waals surface area contributed by atoms with Gasteiger partial charge in [-0.15, -0.1) is 0 Å². The summed E-state index contributed by atoms with van der Waals surface area (Å²) < 4.78 is 27.0. The Hall–Kier alpha value is -5.19. The van der Waals surface area contributed by atoms with E-state index in [9.17, 15) is 9.59 Å². The predicted molar refractivity (Wildman–Crippen MR) is 173 cm³/mol. The summed E-state index contributed by atoms with van der Waals surface area (Å²) >= 11 is 12.7. The summed E-state index contributed by atoms with van der Waals surface area (Å²) in [5.41, 5.74) is 5.58. The number of ether oxygens (including phenoxy) is 5. The minimum absolute atomic E-state index is 0.165. The summed E-state index contributed by atoms with van der Waals surface area (Å²) in [7, 11) is 5.81. The number of nitrogens with zero attached hydrogens (tertiary/aromatic N) is 1. The number of hydrazone groups is 1. The Labute approximate surface area is 268 Å². The molecule has 0 aliphatic rings. The molecule has 5 rings (SSSR count). The standard InChI is InChI=1S/C33H27Cl2N3O7/c1-41-25-12-18(10-11-24(25)45-33(40)20-13-26(42-2)31(44-4)27(14-20)43-3)17-36-38-32(39)30-28(19-8-6-5-7-9-19)22-15-21(34)16-23(35)29(22)37-30/h5-17,37H,1-4H3,(H,38,39). The van der Waals surface area contributed by atoms with Gasteiger partial charge in [0.05, 0.1) is 50.8 Å². The largest absolute Gasteiger partial charge is 0.493 e. The first kappa shape index (κ1) is 31.2. The molecule has 0 saturated carbocycles. The molecule has 5 aromatic rings. The number of benzene rings is 4. The molecule has 230 valence electrons. The number of fused-ring (bicyclic) bond motifs is 1. The Kier molecular flexibility index (Phi) is 9.46. The third-order valence-corrected chi connectivity index (χ3v) is 7.30. The maximum atomic E-state index is 13.3. The molecule has 0 radical (unpaired) electrons. The van der Waals surface area contributed by atoms with E-state index in [1.807, 2.05) is 30.3 Å². The number of nitrogens with one attached hydrogen (secondary N) is 2. The van der Waals surface area contributed by atoms with Crippen molar-refractivity contribution in [3.63, 3.8) is 0 Å². The van der Waals surface area contributed by atoms with Gasteiger partial charge in [-0.1, -0.05) is 53.5 Å². The Bertz CT molecular complexity index is 1900. The fraction of sp³-hybridized carbons (Fsp3) is 0.121. The lowest BCUT2D eigenvalue weighted by molar-refractivity contribution is 0.0728. The van der Waals surface area contributed by atoms with E-state index in [2.05, 4.69) is 15.5 Å². The third kappa shape index (κ3) is 6.52. The van der Waals surface area contributed by atoms with Crippen molar-refractivity contribution < 1.29 is 33.3 Å². The van der Waals surface area contributed by atoms with Gasteiger partial charge in [0.25, 0.3) is 5.91 Å². The number of aromatic amines is 1. The Morgan fingerprint density at radius 1 is 0.800 bits per heavy atom. The van der Waals surface area contributed by atoms with Crippen LogP contribution in [0.2, 0.25) is 10.0 Å². The minimum Gasteiger partial charge on any atom is -0.493 e. The van der Waals surface area contributed by atoms with Crippen LogP contribution < -0.4 is 29.1 Å². The second-order valence-corrected chi connectivity index (χ2v) is 10.3. The quantitative estimate of drug-likeness (QED) is 0.0714. The summed E-state index contributed by atoms with van der Waals surface area (Å²) in [6.07, 6.45) is 1.43. The molecule has 12 heteroatoms. The molecule has 0 aliphatic heterocycles. The average molecular weight is 648 g/mol. The second-order valence-electron chi connectivity index (χ2n) is 9.46. The van der Waals surface area contributed by atoms with E-state index in [0.717, 1.165) is 5.56 Å². The van der Waals surface area contributed by atoms with Crippen molar-refractivity contribution in [1.29, 1.82) is 0 Å². The number of H-pyrrole nitrogens is 1. The zero-order valence-electron chi connectivity index (χ0n) is 24.6. The van der Waals surface area contributed by atoms with E-state index in [4.69, 9.17) is 46.9 Å². The molecule has 0 atom stereocenters. The van der Waals surface area contributed by atoms with Gasteiger partial charge in [-0.3, -0.25) is 4.79 Å². The highest BCUT2D eigenvalue weighted by Gasteiger charge is 2.22. The topological polar surface area (TPSA) is 120 Å². The van der Waals surface area contributed by atoms with Gasteiger partial charge in [-0.25, -0.2) is 10.2 Å². The highest BCUT2D eigenvalue weighted by Crippen LogP contribution is 2.39. The number of methoxy groups -OCH3 is 4. The monoisotopic (exact) mass is 647 g/mol. The molecule has 10 nitrogen and oxygen atoms in total. The SMILES string of the molecule is COc1cc(C=NNC(=O)c2[nH]c3c(Cl)cc(Cl)cc3c2-c2ccccc2)ccc1OC(=O)c1cc(OC)c(OC)c(OC)c1. The molecule has 0 spiro atoms. The van der Waals surface area contributed by atoms with E-state index >= 15 is 0 Å². The molecule has 4 aromatic carbocycles. The van der Waals surface area contributed by atoms with Crippen molar-refractivity contribution in [2.45, 2.75) is 0 Å². The first-order valence-electron chi connectivity index (χ1n) is 13.4. The van der Waals surface area contributed by atoms with Gasteiger partial charge in [0.15, 0.2) is 23.0 Å². The maximum Gasteiger partial charge on any atom is 0.343 e. The van der Waals surface area contributed by atoms with Crippen molar-refractivity contribution >= 4 is 52.2 Å². The number of hydrogen-bond donors (Lipinski definition) is 2. The minimum atomic E-state index is -0.671. The molecule has 1 heterocycles.